The van der Waals surface area contributed by atoms with Crippen molar-refractivity contribution in [3.63, 3.8) is 0 Å². The van der Waals surface area contributed by atoms with Crippen LogP contribution in [0.25, 0.3) is 0 Å². The average Bonchev–Trinajstić information content (AvgIpc) is 2.42. The zero-order chi connectivity index (χ0) is 10.6. The number of ether oxygens (including phenoxy) is 2. The minimum Gasteiger partial charge on any atom is -0.381 e. The molecule has 0 saturated carbocycles. The molecule has 1 saturated heterocycles. The predicted octanol–water partition coefficient (Wildman–Crippen LogP) is 1.56. The van der Waals surface area contributed by atoms with Gasteiger partial charge in [0.25, 0.3) is 0 Å². The third kappa shape index (κ3) is 3.23. The topological polar surface area (TPSA) is 44.5 Å². The van der Waals surface area contributed by atoms with E-state index in [1.54, 1.807) is 0 Å². The van der Waals surface area contributed by atoms with Crippen molar-refractivity contribution in [1.29, 1.82) is 0 Å². The first-order valence-corrected chi connectivity index (χ1v) is 5.53. The molecule has 1 heterocycles. The quantitative estimate of drug-likeness (QED) is 0.686. The van der Waals surface area contributed by atoms with Gasteiger partial charge in [0.15, 0.2) is 0 Å². The summed E-state index contributed by atoms with van der Waals surface area (Å²) in [6.07, 6.45) is 2.03. The van der Waals surface area contributed by atoms with E-state index in [9.17, 15) is 0 Å². The Labute approximate surface area is 86.9 Å². The molecule has 84 valence electrons. The van der Waals surface area contributed by atoms with E-state index in [2.05, 4.69) is 20.8 Å². The maximum Gasteiger partial charge on any atom is 0.0728 e. The van der Waals surface area contributed by atoms with Crippen LogP contribution in [-0.4, -0.2) is 31.5 Å². The van der Waals surface area contributed by atoms with Crippen molar-refractivity contribution >= 4 is 0 Å². The molecule has 0 aromatic rings. The highest BCUT2D eigenvalue weighted by atomic mass is 16.5. The fourth-order valence-corrected chi connectivity index (χ4v) is 1.70. The second-order valence-corrected chi connectivity index (χ2v) is 4.71. The van der Waals surface area contributed by atoms with Crippen LogP contribution in [0.3, 0.4) is 0 Å². The summed E-state index contributed by atoms with van der Waals surface area (Å²) in [5, 5.41) is 0. The van der Waals surface area contributed by atoms with Gasteiger partial charge in [-0.05, 0) is 25.7 Å². The fourth-order valence-electron chi connectivity index (χ4n) is 1.70. The summed E-state index contributed by atoms with van der Waals surface area (Å²) in [7, 11) is 0. The SMILES string of the molecule is CC(C)COCCC1(N)CCOC1C. The lowest BCUT2D eigenvalue weighted by Gasteiger charge is -2.27. The molecule has 0 radical (unpaired) electrons. The van der Waals surface area contributed by atoms with E-state index in [1.807, 2.05) is 0 Å². The van der Waals surface area contributed by atoms with Crippen LogP contribution in [0.4, 0.5) is 0 Å². The first kappa shape index (κ1) is 12.0. The molecule has 0 amide bonds. The smallest absolute Gasteiger partial charge is 0.0728 e. The van der Waals surface area contributed by atoms with Gasteiger partial charge >= 0.3 is 0 Å². The monoisotopic (exact) mass is 201 g/mol. The highest BCUT2D eigenvalue weighted by molar-refractivity contribution is 4.94. The largest absolute Gasteiger partial charge is 0.381 e. The fraction of sp³-hybridized carbons (Fsp3) is 1.00. The van der Waals surface area contributed by atoms with Crippen LogP contribution < -0.4 is 5.73 Å². The van der Waals surface area contributed by atoms with Crippen LogP contribution >= 0.6 is 0 Å². The number of hydrogen-bond donors (Lipinski definition) is 1. The molecule has 14 heavy (non-hydrogen) atoms. The molecule has 0 spiro atoms. The van der Waals surface area contributed by atoms with Crippen molar-refractivity contribution < 1.29 is 9.47 Å². The second kappa shape index (κ2) is 5.10. The molecule has 2 N–H and O–H groups in total. The van der Waals surface area contributed by atoms with Crippen LogP contribution in [0.5, 0.6) is 0 Å². The first-order valence-electron chi connectivity index (χ1n) is 5.53. The number of rotatable bonds is 5. The van der Waals surface area contributed by atoms with Crippen molar-refractivity contribution in [2.45, 2.75) is 45.3 Å². The zero-order valence-electron chi connectivity index (χ0n) is 9.58. The summed E-state index contributed by atoms with van der Waals surface area (Å²) in [6.45, 7) is 8.73. The number of hydrogen-bond acceptors (Lipinski definition) is 3. The lowest BCUT2D eigenvalue weighted by atomic mass is 9.90. The molecule has 1 fully saturated rings. The van der Waals surface area contributed by atoms with Crippen LogP contribution in [0.1, 0.15) is 33.6 Å². The highest BCUT2D eigenvalue weighted by Gasteiger charge is 2.37. The Morgan fingerprint density at radius 1 is 1.57 bits per heavy atom. The molecular formula is C11H23NO2. The maximum absolute atomic E-state index is 6.21. The van der Waals surface area contributed by atoms with Gasteiger partial charge in [0.2, 0.25) is 0 Å². The van der Waals surface area contributed by atoms with Gasteiger partial charge in [-0.15, -0.1) is 0 Å². The summed E-state index contributed by atoms with van der Waals surface area (Å²) in [5.41, 5.74) is 6.06. The third-order valence-electron chi connectivity index (χ3n) is 2.91. The van der Waals surface area contributed by atoms with E-state index >= 15 is 0 Å². The molecule has 0 aromatic carbocycles. The van der Waals surface area contributed by atoms with Crippen molar-refractivity contribution in [2.75, 3.05) is 19.8 Å². The van der Waals surface area contributed by atoms with E-state index in [0.717, 1.165) is 32.7 Å². The molecule has 0 bridgehead atoms. The molecule has 1 aliphatic rings. The van der Waals surface area contributed by atoms with E-state index in [4.69, 9.17) is 15.2 Å². The molecule has 2 unspecified atom stereocenters. The summed E-state index contributed by atoms with van der Waals surface area (Å²) in [4.78, 5) is 0. The Kier molecular flexibility index (Phi) is 4.35. The van der Waals surface area contributed by atoms with Crippen LogP contribution in [0, 0.1) is 5.92 Å². The summed E-state index contributed by atoms with van der Waals surface area (Å²) in [6, 6.07) is 0. The van der Waals surface area contributed by atoms with E-state index in [1.165, 1.54) is 0 Å². The minimum absolute atomic E-state index is 0.156. The predicted molar refractivity (Wildman–Crippen MR) is 57.2 cm³/mol. The van der Waals surface area contributed by atoms with Gasteiger partial charge in [0.1, 0.15) is 0 Å². The van der Waals surface area contributed by atoms with E-state index in [-0.39, 0.29) is 11.6 Å². The summed E-state index contributed by atoms with van der Waals surface area (Å²) >= 11 is 0. The second-order valence-electron chi connectivity index (χ2n) is 4.71. The molecule has 0 aromatic heterocycles. The Morgan fingerprint density at radius 2 is 2.29 bits per heavy atom. The highest BCUT2D eigenvalue weighted by Crippen LogP contribution is 2.26. The van der Waals surface area contributed by atoms with Gasteiger partial charge in [0, 0.05) is 25.4 Å². The molecule has 3 heteroatoms. The van der Waals surface area contributed by atoms with Crippen molar-refractivity contribution in [3.05, 3.63) is 0 Å². The van der Waals surface area contributed by atoms with Crippen LogP contribution in [0.15, 0.2) is 0 Å². The number of nitrogens with two attached hydrogens (primary N) is 1. The molecule has 0 aliphatic carbocycles. The Bertz CT molecular complexity index is 173. The standard InChI is InChI=1S/C11H23NO2/c1-9(2)8-13-6-4-11(12)5-7-14-10(11)3/h9-10H,4-8,12H2,1-3H3. The molecular weight excluding hydrogens is 178 g/mol. The van der Waals surface area contributed by atoms with E-state index < -0.39 is 0 Å². The van der Waals surface area contributed by atoms with Gasteiger partial charge < -0.3 is 15.2 Å². The Balaban J connectivity index is 2.17. The van der Waals surface area contributed by atoms with Crippen LogP contribution in [0.2, 0.25) is 0 Å². The zero-order valence-corrected chi connectivity index (χ0v) is 9.58. The van der Waals surface area contributed by atoms with Crippen LogP contribution in [-0.2, 0) is 9.47 Å². The Hall–Kier alpha value is -0.120. The Morgan fingerprint density at radius 3 is 2.79 bits per heavy atom. The first-order chi connectivity index (χ1) is 6.54. The van der Waals surface area contributed by atoms with Crippen molar-refractivity contribution in [2.24, 2.45) is 11.7 Å². The molecule has 1 aliphatic heterocycles. The molecule has 3 nitrogen and oxygen atoms in total. The van der Waals surface area contributed by atoms with Gasteiger partial charge in [-0.25, -0.2) is 0 Å². The minimum atomic E-state index is -0.156. The lowest BCUT2D eigenvalue weighted by Crippen LogP contribution is -2.46. The molecule has 1 rings (SSSR count). The summed E-state index contributed by atoms with van der Waals surface area (Å²) < 4.78 is 11.0. The molecule has 2 atom stereocenters. The van der Waals surface area contributed by atoms with Crippen molar-refractivity contribution in [1.82, 2.24) is 0 Å². The normalized spacial score (nSPS) is 32.8. The summed E-state index contributed by atoms with van der Waals surface area (Å²) in [5.74, 6) is 0.598. The average molecular weight is 201 g/mol. The van der Waals surface area contributed by atoms with Gasteiger partial charge in [0.05, 0.1) is 6.10 Å². The third-order valence-corrected chi connectivity index (χ3v) is 2.91. The lowest BCUT2D eigenvalue weighted by molar-refractivity contribution is 0.0615. The maximum atomic E-state index is 6.21. The van der Waals surface area contributed by atoms with Crippen molar-refractivity contribution in [3.8, 4) is 0 Å². The van der Waals surface area contributed by atoms with E-state index in [0.29, 0.717) is 5.92 Å². The van der Waals surface area contributed by atoms with Gasteiger partial charge in [-0.3, -0.25) is 0 Å². The van der Waals surface area contributed by atoms with Gasteiger partial charge in [-0.2, -0.15) is 0 Å². The van der Waals surface area contributed by atoms with Gasteiger partial charge in [-0.1, -0.05) is 13.8 Å².